The smallest absolute Gasteiger partial charge is 0.254 e. The van der Waals surface area contributed by atoms with Crippen molar-refractivity contribution in [3.05, 3.63) is 23.8 Å². The molecule has 0 spiro atoms. The fourth-order valence-corrected chi connectivity index (χ4v) is 4.93. The minimum Gasteiger partial charge on any atom is -0.493 e. The molecule has 0 aliphatic carbocycles. The maximum absolute atomic E-state index is 13.1. The van der Waals surface area contributed by atoms with Crippen molar-refractivity contribution >= 4 is 11.8 Å². The van der Waals surface area contributed by atoms with Crippen molar-refractivity contribution in [2.24, 2.45) is 11.8 Å². The summed E-state index contributed by atoms with van der Waals surface area (Å²) in [6.45, 7) is 2.26. The lowest BCUT2D eigenvalue weighted by Gasteiger charge is -2.52. The Bertz CT molecular complexity index is 720. The van der Waals surface area contributed by atoms with Crippen LogP contribution in [0, 0.1) is 11.8 Å². The quantitative estimate of drug-likeness (QED) is 0.831. The van der Waals surface area contributed by atoms with Crippen molar-refractivity contribution in [1.82, 2.24) is 9.80 Å². The fraction of sp³-hybridized carbons (Fsp3) is 0.600. The zero-order chi connectivity index (χ0) is 18.3. The number of benzene rings is 1. The summed E-state index contributed by atoms with van der Waals surface area (Å²) in [6, 6.07) is 5.64. The number of fused-ring (bicyclic) bond motifs is 4. The molecule has 3 atom stereocenters. The lowest BCUT2D eigenvalue weighted by atomic mass is 9.76. The molecule has 0 aromatic heterocycles. The van der Waals surface area contributed by atoms with Crippen LogP contribution in [0.4, 0.5) is 0 Å². The number of rotatable bonds is 3. The van der Waals surface area contributed by atoms with Crippen LogP contribution in [0.3, 0.4) is 0 Å². The minimum absolute atomic E-state index is 0.0382. The molecule has 3 heterocycles. The molecule has 6 nitrogen and oxygen atoms in total. The van der Waals surface area contributed by atoms with Gasteiger partial charge in [0.15, 0.2) is 11.5 Å². The molecule has 2 amide bonds. The maximum Gasteiger partial charge on any atom is 0.254 e. The molecule has 140 valence electrons. The van der Waals surface area contributed by atoms with Gasteiger partial charge < -0.3 is 19.3 Å². The second kappa shape index (κ2) is 6.82. The van der Waals surface area contributed by atoms with Crippen LogP contribution in [0.2, 0.25) is 0 Å². The van der Waals surface area contributed by atoms with Gasteiger partial charge in [0.25, 0.3) is 5.91 Å². The highest BCUT2D eigenvalue weighted by atomic mass is 16.5. The molecule has 3 aliphatic rings. The number of carbonyl (C=O) groups is 2. The first-order chi connectivity index (χ1) is 12.6. The molecule has 26 heavy (non-hydrogen) atoms. The van der Waals surface area contributed by atoms with Gasteiger partial charge in [0.05, 0.1) is 14.2 Å². The first-order valence-electron chi connectivity index (χ1n) is 9.41. The van der Waals surface area contributed by atoms with Gasteiger partial charge in [-0.15, -0.1) is 0 Å². The largest absolute Gasteiger partial charge is 0.493 e. The number of amides is 2. The van der Waals surface area contributed by atoms with E-state index in [0.29, 0.717) is 47.3 Å². The van der Waals surface area contributed by atoms with E-state index in [9.17, 15) is 9.59 Å². The predicted octanol–water partition coefficient (Wildman–Crippen LogP) is 2.18. The summed E-state index contributed by atoms with van der Waals surface area (Å²) in [6.07, 6.45) is 3.86. The Morgan fingerprint density at radius 3 is 2.69 bits per heavy atom. The average Bonchev–Trinajstić information content (AvgIpc) is 2.67. The average molecular weight is 358 g/mol. The molecule has 0 radical (unpaired) electrons. The molecule has 6 heteroatoms. The summed E-state index contributed by atoms with van der Waals surface area (Å²) >= 11 is 0. The molecule has 3 aliphatic heterocycles. The van der Waals surface area contributed by atoms with Crippen molar-refractivity contribution < 1.29 is 19.1 Å². The number of carbonyl (C=O) groups excluding carboxylic acids is 2. The number of methoxy groups -OCH3 is 2. The molecule has 3 fully saturated rings. The van der Waals surface area contributed by atoms with Crippen LogP contribution in [0.1, 0.15) is 36.0 Å². The Labute approximate surface area is 154 Å². The molecule has 2 bridgehead atoms. The van der Waals surface area contributed by atoms with Crippen LogP contribution in [0.5, 0.6) is 11.5 Å². The van der Waals surface area contributed by atoms with Crippen LogP contribution in [-0.4, -0.2) is 61.5 Å². The van der Waals surface area contributed by atoms with Gasteiger partial charge >= 0.3 is 0 Å². The summed E-state index contributed by atoms with van der Waals surface area (Å²) in [5, 5.41) is 0. The third-order valence-electron chi connectivity index (χ3n) is 6.10. The third-order valence-corrected chi connectivity index (χ3v) is 6.10. The molecule has 0 saturated carbocycles. The standard InChI is InChI=1S/C20H26N2O4/c1-25-17-7-6-14(9-18(17)26-2)20(24)21-10-13-8-15(12-21)16-4-3-5-19(23)22(16)11-13/h6-7,9,13,15-16H,3-5,8,10-12H2,1-2H3/t13?,15?,16-/m0/s1. The van der Waals surface area contributed by atoms with E-state index >= 15 is 0 Å². The highest BCUT2D eigenvalue weighted by molar-refractivity contribution is 5.95. The molecule has 1 aromatic rings. The number of piperidine rings is 3. The number of hydrogen-bond acceptors (Lipinski definition) is 4. The number of nitrogens with zero attached hydrogens (tertiary/aromatic N) is 2. The summed E-state index contributed by atoms with van der Waals surface area (Å²) in [4.78, 5) is 29.4. The van der Waals surface area contributed by atoms with Gasteiger partial charge in [-0.05, 0) is 49.3 Å². The van der Waals surface area contributed by atoms with E-state index < -0.39 is 0 Å². The first-order valence-corrected chi connectivity index (χ1v) is 9.41. The molecular formula is C20H26N2O4. The summed E-state index contributed by atoms with van der Waals surface area (Å²) in [5.74, 6) is 2.31. The highest BCUT2D eigenvalue weighted by Crippen LogP contribution is 2.38. The zero-order valence-electron chi connectivity index (χ0n) is 15.4. The van der Waals surface area contributed by atoms with E-state index in [-0.39, 0.29) is 5.91 Å². The van der Waals surface area contributed by atoms with E-state index in [1.165, 1.54) is 0 Å². The minimum atomic E-state index is 0.0382. The van der Waals surface area contributed by atoms with Gasteiger partial charge in [-0.2, -0.15) is 0 Å². The lowest BCUT2D eigenvalue weighted by Crippen LogP contribution is -2.61. The van der Waals surface area contributed by atoms with Crippen molar-refractivity contribution in [2.45, 2.75) is 31.7 Å². The Kier molecular flexibility index (Phi) is 4.51. The van der Waals surface area contributed by atoms with Gasteiger partial charge in [-0.3, -0.25) is 9.59 Å². The second-order valence-corrected chi connectivity index (χ2v) is 7.65. The SMILES string of the molecule is COc1ccc(C(=O)N2CC3CC(C2)[C@@H]2CCCC(=O)N2C3)cc1OC. The van der Waals surface area contributed by atoms with E-state index in [1.54, 1.807) is 32.4 Å². The van der Waals surface area contributed by atoms with E-state index in [4.69, 9.17) is 9.47 Å². The Morgan fingerprint density at radius 2 is 1.92 bits per heavy atom. The van der Waals surface area contributed by atoms with Crippen LogP contribution < -0.4 is 9.47 Å². The second-order valence-electron chi connectivity index (χ2n) is 7.65. The topological polar surface area (TPSA) is 59.1 Å². The number of likely N-dealkylation sites (tertiary alicyclic amines) is 1. The van der Waals surface area contributed by atoms with E-state index in [0.717, 1.165) is 38.9 Å². The third kappa shape index (κ3) is 2.91. The molecule has 4 rings (SSSR count). The van der Waals surface area contributed by atoms with Crippen molar-refractivity contribution in [1.29, 1.82) is 0 Å². The zero-order valence-corrected chi connectivity index (χ0v) is 15.4. The summed E-state index contributed by atoms with van der Waals surface area (Å²) in [7, 11) is 3.16. The fourth-order valence-electron chi connectivity index (χ4n) is 4.93. The van der Waals surface area contributed by atoms with Crippen molar-refractivity contribution in [2.75, 3.05) is 33.9 Å². The number of hydrogen-bond donors (Lipinski definition) is 0. The van der Waals surface area contributed by atoms with Gasteiger partial charge in [0.2, 0.25) is 5.91 Å². The van der Waals surface area contributed by atoms with Crippen LogP contribution in [0.25, 0.3) is 0 Å². The van der Waals surface area contributed by atoms with Gasteiger partial charge in [-0.25, -0.2) is 0 Å². The lowest BCUT2D eigenvalue weighted by molar-refractivity contribution is -0.144. The van der Waals surface area contributed by atoms with Gasteiger partial charge in [0.1, 0.15) is 0 Å². The van der Waals surface area contributed by atoms with Crippen molar-refractivity contribution in [3.8, 4) is 11.5 Å². The van der Waals surface area contributed by atoms with Crippen LogP contribution in [-0.2, 0) is 4.79 Å². The molecular weight excluding hydrogens is 332 g/mol. The number of ether oxygens (including phenoxy) is 2. The van der Waals surface area contributed by atoms with Crippen molar-refractivity contribution in [3.63, 3.8) is 0 Å². The summed E-state index contributed by atoms with van der Waals surface area (Å²) in [5.41, 5.74) is 0.624. The highest BCUT2D eigenvalue weighted by Gasteiger charge is 2.44. The molecule has 3 saturated heterocycles. The van der Waals surface area contributed by atoms with Gasteiger partial charge in [0, 0.05) is 37.7 Å². The first kappa shape index (κ1) is 17.2. The Balaban J connectivity index is 1.53. The molecule has 1 aromatic carbocycles. The van der Waals surface area contributed by atoms with E-state index in [1.807, 2.05) is 4.90 Å². The van der Waals surface area contributed by atoms with Crippen LogP contribution in [0.15, 0.2) is 18.2 Å². The van der Waals surface area contributed by atoms with Crippen LogP contribution >= 0.6 is 0 Å². The predicted molar refractivity (Wildman–Crippen MR) is 96.4 cm³/mol. The monoisotopic (exact) mass is 358 g/mol. The molecule has 0 N–H and O–H groups in total. The normalized spacial score (nSPS) is 27.8. The van der Waals surface area contributed by atoms with E-state index in [2.05, 4.69) is 4.90 Å². The molecule has 2 unspecified atom stereocenters. The Hall–Kier alpha value is -2.24. The maximum atomic E-state index is 13.1. The Morgan fingerprint density at radius 1 is 1.12 bits per heavy atom. The summed E-state index contributed by atoms with van der Waals surface area (Å²) < 4.78 is 10.6. The van der Waals surface area contributed by atoms with Gasteiger partial charge in [-0.1, -0.05) is 0 Å².